The second-order valence-electron chi connectivity index (χ2n) is 7.01. The van der Waals surface area contributed by atoms with Crippen LogP contribution in [0, 0.1) is 5.82 Å². The molecule has 0 bridgehead atoms. The highest BCUT2D eigenvalue weighted by Gasteiger charge is 2.20. The maximum absolute atomic E-state index is 13.1. The molecule has 0 aromatic heterocycles. The Morgan fingerprint density at radius 2 is 1.87 bits per heavy atom. The van der Waals surface area contributed by atoms with Crippen molar-refractivity contribution in [3.05, 3.63) is 59.4 Å². The van der Waals surface area contributed by atoms with Gasteiger partial charge >= 0.3 is 0 Å². The number of hydrogen-bond acceptors (Lipinski definition) is 5. The number of nitrogens with zero attached hydrogens (tertiary/aromatic N) is 1. The summed E-state index contributed by atoms with van der Waals surface area (Å²) in [6, 6.07) is 10.8. The number of carbonyl (C=O) groups excluding carboxylic acids is 2. The molecule has 0 radical (unpaired) electrons. The zero-order chi connectivity index (χ0) is 21.5. The lowest BCUT2D eigenvalue weighted by Gasteiger charge is -2.27. The maximum atomic E-state index is 13.1. The third kappa shape index (κ3) is 5.48. The van der Waals surface area contributed by atoms with E-state index in [1.54, 1.807) is 35.2 Å². The number of amides is 2. The van der Waals surface area contributed by atoms with Crippen LogP contribution in [-0.2, 0) is 9.53 Å². The first-order valence-electron chi connectivity index (χ1n) is 9.81. The van der Waals surface area contributed by atoms with Gasteiger partial charge in [-0.25, -0.2) is 4.39 Å². The molecular formula is C22H26FN3O4. The Labute approximate surface area is 175 Å². The van der Waals surface area contributed by atoms with E-state index >= 15 is 0 Å². The summed E-state index contributed by atoms with van der Waals surface area (Å²) in [5.41, 5.74) is 1.88. The van der Waals surface area contributed by atoms with E-state index in [0.29, 0.717) is 43.3 Å². The van der Waals surface area contributed by atoms with Gasteiger partial charge in [0, 0.05) is 18.7 Å². The van der Waals surface area contributed by atoms with Crippen LogP contribution in [0.15, 0.2) is 42.5 Å². The summed E-state index contributed by atoms with van der Waals surface area (Å²) in [6.07, 6.45) is 0. The van der Waals surface area contributed by atoms with Gasteiger partial charge in [0.2, 0.25) is 5.91 Å². The van der Waals surface area contributed by atoms with Crippen LogP contribution in [0.4, 0.5) is 10.1 Å². The highest BCUT2D eigenvalue weighted by molar-refractivity contribution is 5.96. The molecule has 1 atom stereocenters. The molecule has 2 amide bonds. The molecule has 1 saturated heterocycles. The Kier molecular flexibility index (Phi) is 7.24. The van der Waals surface area contributed by atoms with Crippen LogP contribution >= 0.6 is 0 Å². The van der Waals surface area contributed by atoms with Crippen LogP contribution in [0.2, 0.25) is 0 Å². The van der Waals surface area contributed by atoms with Crippen molar-refractivity contribution in [2.45, 2.75) is 13.0 Å². The number of ether oxygens (including phenoxy) is 2. The molecule has 1 unspecified atom stereocenters. The predicted molar refractivity (Wildman–Crippen MR) is 111 cm³/mol. The normalized spacial score (nSPS) is 14.7. The van der Waals surface area contributed by atoms with E-state index in [2.05, 4.69) is 10.6 Å². The quantitative estimate of drug-likeness (QED) is 0.727. The molecule has 1 heterocycles. The lowest BCUT2D eigenvalue weighted by Crippen LogP contribution is -2.40. The standard InChI is InChI=1S/C22H26FN3O4/c1-15(16-3-6-18(23)7-4-16)25-21(27)14-24-19-13-17(5-8-20(19)29-2)22(28)26-9-11-30-12-10-26/h3-8,13,15,24H,9-12,14H2,1-2H3,(H,25,27). The van der Waals surface area contributed by atoms with Crippen molar-refractivity contribution in [1.82, 2.24) is 10.2 Å². The summed E-state index contributed by atoms with van der Waals surface area (Å²) in [5, 5.41) is 5.89. The van der Waals surface area contributed by atoms with Crippen molar-refractivity contribution in [2.24, 2.45) is 0 Å². The molecular weight excluding hydrogens is 389 g/mol. The van der Waals surface area contributed by atoms with Crippen LogP contribution in [0.5, 0.6) is 5.75 Å². The predicted octanol–water partition coefficient (Wildman–Crippen LogP) is 2.60. The molecule has 8 heteroatoms. The SMILES string of the molecule is COc1ccc(C(=O)N2CCOCC2)cc1NCC(=O)NC(C)c1ccc(F)cc1. The van der Waals surface area contributed by atoms with Crippen LogP contribution < -0.4 is 15.4 Å². The van der Waals surface area contributed by atoms with Gasteiger partial charge in [-0.2, -0.15) is 0 Å². The molecule has 2 aromatic carbocycles. The number of anilines is 1. The number of methoxy groups -OCH3 is 1. The molecule has 1 aliphatic heterocycles. The molecule has 3 rings (SSSR count). The third-order valence-corrected chi connectivity index (χ3v) is 4.93. The van der Waals surface area contributed by atoms with Gasteiger partial charge in [0.05, 0.1) is 38.6 Å². The van der Waals surface area contributed by atoms with Gasteiger partial charge in [-0.15, -0.1) is 0 Å². The Morgan fingerprint density at radius 3 is 2.53 bits per heavy atom. The monoisotopic (exact) mass is 415 g/mol. The van der Waals surface area contributed by atoms with Crippen LogP contribution in [0.25, 0.3) is 0 Å². The Hall–Kier alpha value is -3.13. The number of nitrogens with one attached hydrogen (secondary N) is 2. The lowest BCUT2D eigenvalue weighted by atomic mass is 10.1. The van der Waals surface area contributed by atoms with Crippen molar-refractivity contribution in [3.63, 3.8) is 0 Å². The molecule has 1 fully saturated rings. The van der Waals surface area contributed by atoms with Crippen molar-refractivity contribution >= 4 is 17.5 Å². The van der Waals surface area contributed by atoms with Gasteiger partial charge in [-0.05, 0) is 42.8 Å². The summed E-state index contributed by atoms with van der Waals surface area (Å²) >= 11 is 0. The molecule has 0 aliphatic carbocycles. The fourth-order valence-corrected chi connectivity index (χ4v) is 3.23. The zero-order valence-corrected chi connectivity index (χ0v) is 17.1. The maximum Gasteiger partial charge on any atom is 0.254 e. The van der Waals surface area contributed by atoms with E-state index in [1.165, 1.54) is 19.2 Å². The molecule has 7 nitrogen and oxygen atoms in total. The van der Waals surface area contributed by atoms with Gasteiger partial charge in [0.25, 0.3) is 5.91 Å². The number of hydrogen-bond donors (Lipinski definition) is 2. The van der Waals surface area contributed by atoms with E-state index in [1.807, 2.05) is 6.92 Å². The third-order valence-electron chi connectivity index (χ3n) is 4.93. The van der Waals surface area contributed by atoms with Crippen molar-refractivity contribution < 1.29 is 23.5 Å². The average Bonchev–Trinajstić information content (AvgIpc) is 2.78. The van der Waals surface area contributed by atoms with Crippen LogP contribution in [0.1, 0.15) is 28.9 Å². The van der Waals surface area contributed by atoms with Crippen molar-refractivity contribution in [2.75, 3.05) is 45.3 Å². The van der Waals surface area contributed by atoms with E-state index in [0.717, 1.165) is 5.56 Å². The van der Waals surface area contributed by atoms with Crippen molar-refractivity contribution in [3.8, 4) is 5.75 Å². The summed E-state index contributed by atoms with van der Waals surface area (Å²) in [7, 11) is 1.53. The average molecular weight is 415 g/mol. The second kappa shape index (κ2) is 10.1. The molecule has 2 N–H and O–H groups in total. The summed E-state index contributed by atoms with van der Waals surface area (Å²) in [5.74, 6) is -0.109. The van der Waals surface area contributed by atoms with Gasteiger partial charge in [0.15, 0.2) is 0 Å². The van der Waals surface area contributed by atoms with Gasteiger partial charge in [-0.1, -0.05) is 12.1 Å². The van der Waals surface area contributed by atoms with Gasteiger partial charge in [0.1, 0.15) is 11.6 Å². The molecule has 160 valence electrons. The fourth-order valence-electron chi connectivity index (χ4n) is 3.23. The summed E-state index contributed by atoms with van der Waals surface area (Å²) in [4.78, 5) is 26.8. The summed E-state index contributed by atoms with van der Waals surface area (Å²) in [6.45, 7) is 3.98. The van der Waals surface area contributed by atoms with Crippen LogP contribution in [0.3, 0.4) is 0 Å². The highest BCUT2D eigenvalue weighted by Crippen LogP contribution is 2.26. The number of morpholine rings is 1. The van der Waals surface area contributed by atoms with E-state index in [9.17, 15) is 14.0 Å². The lowest BCUT2D eigenvalue weighted by molar-refractivity contribution is -0.120. The van der Waals surface area contributed by atoms with E-state index < -0.39 is 0 Å². The fraction of sp³-hybridized carbons (Fsp3) is 0.364. The van der Waals surface area contributed by atoms with Crippen LogP contribution in [-0.4, -0.2) is 56.7 Å². The molecule has 30 heavy (non-hydrogen) atoms. The minimum absolute atomic E-state index is 0.00288. The summed E-state index contributed by atoms with van der Waals surface area (Å²) < 4.78 is 23.7. The molecule has 2 aromatic rings. The first kappa shape index (κ1) is 21.6. The number of halogens is 1. The zero-order valence-electron chi connectivity index (χ0n) is 17.1. The Balaban J connectivity index is 1.62. The van der Waals surface area contributed by atoms with E-state index in [-0.39, 0.29) is 30.2 Å². The topological polar surface area (TPSA) is 79.9 Å². The molecule has 0 saturated carbocycles. The number of carbonyl (C=O) groups is 2. The Bertz CT molecular complexity index is 882. The van der Waals surface area contributed by atoms with Gasteiger partial charge < -0.3 is 25.0 Å². The molecule has 0 spiro atoms. The first-order chi connectivity index (χ1) is 14.5. The highest BCUT2D eigenvalue weighted by atomic mass is 19.1. The first-order valence-corrected chi connectivity index (χ1v) is 9.81. The largest absolute Gasteiger partial charge is 0.495 e. The smallest absolute Gasteiger partial charge is 0.254 e. The van der Waals surface area contributed by atoms with E-state index in [4.69, 9.17) is 9.47 Å². The number of benzene rings is 2. The minimum Gasteiger partial charge on any atom is -0.495 e. The molecule has 1 aliphatic rings. The minimum atomic E-state index is -0.322. The number of rotatable bonds is 7. The van der Waals surface area contributed by atoms with Gasteiger partial charge in [-0.3, -0.25) is 9.59 Å². The second-order valence-corrected chi connectivity index (χ2v) is 7.01. The Morgan fingerprint density at radius 1 is 1.17 bits per heavy atom. The van der Waals surface area contributed by atoms with Crippen molar-refractivity contribution in [1.29, 1.82) is 0 Å².